The Morgan fingerprint density at radius 3 is 2.00 bits per heavy atom. The molecule has 0 spiro atoms. The van der Waals surface area contributed by atoms with Crippen molar-refractivity contribution in [1.29, 1.82) is 0 Å². The molecule has 2 N–H and O–H groups in total. The molecule has 0 aromatic carbocycles. The van der Waals surface area contributed by atoms with E-state index in [-0.39, 0.29) is 10.7 Å². The Morgan fingerprint density at radius 2 is 1.50 bits per heavy atom. The van der Waals surface area contributed by atoms with Crippen molar-refractivity contribution in [2.45, 2.75) is 71.4 Å². The number of phosphoric ester groups is 1. The van der Waals surface area contributed by atoms with Gasteiger partial charge in [0, 0.05) is 13.2 Å². The van der Waals surface area contributed by atoms with Crippen molar-refractivity contribution in [3.63, 3.8) is 0 Å². The molecular weight excluding hydrogens is 454 g/mol. The molecule has 182 valence electrons. The summed E-state index contributed by atoms with van der Waals surface area (Å²) in [6.07, 6.45) is -0.338. The van der Waals surface area contributed by atoms with Crippen LogP contribution in [0.2, 0.25) is 0 Å². The molecule has 0 radical (unpaired) electrons. The zero-order valence-corrected chi connectivity index (χ0v) is 19.3. The minimum Gasteiger partial charge on any atom is -0.327 e. The van der Waals surface area contributed by atoms with E-state index in [0.29, 0.717) is 6.42 Å². The van der Waals surface area contributed by atoms with E-state index in [2.05, 4.69) is 14.0 Å². The van der Waals surface area contributed by atoms with E-state index in [0.717, 1.165) is 25.7 Å². The Hall–Kier alpha value is -0.270. The highest BCUT2D eigenvalue weighted by Crippen LogP contribution is 2.40. The van der Waals surface area contributed by atoms with E-state index in [9.17, 15) is 21.8 Å². The molecular formula is C16H33F3NO8PS. The van der Waals surface area contributed by atoms with Gasteiger partial charge in [0.2, 0.25) is 10.0 Å². The molecule has 0 amide bonds. The van der Waals surface area contributed by atoms with Gasteiger partial charge in [-0.1, -0.05) is 46.0 Å². The largest absolute Gasteiger partial charge is 0.469 e. The zero-order valence-electron chi connectivity index (χ0n) is 17.6. The standard InChI is InChI=1S/C16H33F3NO8PS/c1-4-7-8-9-10-11-14-30(24,25)20(5-2)16(19,26-6-3)15(17,18)27-12-13-28-29(21,22)23/h4-14H2,1-3H3,(H2,21,22,23). The average molecular weight is 487 g/mol. The number of likely N-dealkylation sites (N-methyl/N-ethyl adjacent to an activating group) is 1. The fourth-order valence-electron chi connectivity index (χ4n) is 2.66. The minimum atomic E-state index is -4.93. The molecule has 0 aromatic rings. The van der Waals surface area contributed by atoms with Crippen LogP contribution in [0.3, 0.4) is 0 Å². The summed E-state index contributed by atoms with van der Waals surface area (Å²) in [6, 6.07) is 0. The lowest BCUT2D eigenvalue weighted by Gasteiger charge is -2.39. The lowest BCUT2D eigenvalue weighted by Crippen LogP contribution is -2.62. The quantitative estimate of drug-likeness (QED) is 0.131. The minimum absolute atomic E-state index is 0.0839. The van der Waals surface area contributed by atoms with Gasteiger partial charge in [0.05, 0.1) is 19.0 Å². The molecule has 0 heterocycles. The molecule has 14 heteroatoms. The molecule has 30 heavy (non-hydrogen) atoms. The topological polar surface area (TPSA) is 123 Å². The highest BCUT2D eigenvalue weighted by molar-refractivity contribution is 7.89. The van der Waals surface area contributed by atoms with E-state index < -0.39 is 62.1 Å². The fraction of sp³-hybridized carbons (Fsp3) is 1.00. The van der Waals surface area contributed by atoms with Crippen LogP contribution in [0.25, 0.3) is 0 Å². The van der Waals surface area contributed by atoms with Gasteiger partial charge in [-0.05, 0) is 13.3 Å². The first kappa shape index (κ1) is 29.7. The number of nitrogens with zero attached hydrogens (tertiary/aromatic N) is 1. The van der Waals surface area contributed by atoms with Crippen LogP contribution >= 0.6 is 7.82 Å². The second kappa shape index (κ2) is 13.3. The van der Waals surface area contributed by atoms with Crippen molar-refractivity contribution in [2.75, 3.05) is 32.1 Å². The Balaban J connectivity index is 5.27. The summed E-state index contributed by atoms with van der Waals surface area (Å²) >= 11 is 0. The molecule has 0 aliphatic carbocycles. The molecule has 0 saturated heterocycles. The number of halogens is 3. The number of ether oxygens (including phenoxy) is 2. The summed E-state index contributed by atoms with van der Waals surface area (Å²) in [5.74, 6) is -4.68. The molecule has 9 nitrogen and oxygen atoms in total. The lowest BCUT2D eigenvalue weighted by molar-refractivity contribution is -0.415. The first-order chi connectivity index (χ1) is 13.8. The number of hydrogen-bond acceptors (Lipinski definition) is 6. The molecule has 0 aromatic heterocycles. The third kappa shape index (κ3) is 9.90. The van der Waals surface area contributed by atoms with E-state index in [4.69, 9.17) is 9.79 Å². The van der Waals surface area contributed by atoms with Crippen LogP contribution in [-0.4, -0.2) is 66.7 Å². The van der Waals surface area contributed by atoms with Crippen molar-refractivity contribution >= 4 is 17.8 Å². The smallest absolute Gasteiger partial charge is 0.327 e. The van der Waals surface area contributed by atoms with Gasteiger partial charge in [-0.2, -0.15) is 13.2 Å². The summed E-state index contributed by atoms with van der Waals surface area (Å²) < 4.78 is 92.5. The molecule has 0 saturated carbocycles. The van der Waals surface area contributed by atoms with Gasteiger partial charge in [0.15, 0.2) is 0 Å². The summed E-state index contributed by atoms with van der Waals surface area (Å²) in [5.41, 5.74) is 0. The highest BCUT2D eigenvalue weighted by atomic mass is 32.2. The number of sulfonamides is 1. The monoisotopic (exact) mass is 487 g/mol. The van der Waals surface area contributed by atoms with Crippen molar-refractivity contribution in [3.05, 3.63) is 0 Å². The molecule has 0 fully saturated rings. The molecule has 0 rings (SSSR count). The zero-order chi connectivity index (χ0) is 23.5. The van der Waals surface area contributed by atoms with Crippen molar-refractivity contribution in [1.82, 2.24) is 4.31 Å². The second-order valence-electron chi connectivity index (χ2n) is 6.43. The van der Waals surface area contributed by atoms with E-state index in [1.165, 1.54) is 13.8 Å². The third-order valence-electron chi connectivity index (χ3n) is 4.02. The fourth-order valence-corrected chi connectivity index (χ4v) is 4.67. The van der Waals surface area contributed by atoms with Crippen LogP contribution in [-0.2, 0) is 28.6 Å². The first-order valence-corrected chi connectivity index (χ1v) is 13.0. The molecule has 1 unspecified atom stereocenters. The van der Waals surface area contributed by atoms with Gasteiger partial charge >= 0.3 is 19.9 Å². The lowest BCUT2D eigenvalue weighted by atomic mass is 10.1. The van der Waals surface area contributed by atoms with Crippen molar-refractivity contribution in [2.24, 2.45) is 0 Å². The van der Waals surface area contributed by atoms with E-state index in [1.807, 2.05) is 6.92 Å². The summed E-state index contributed by atoms with van der Waals surface area (Å²) in [6.45, 7) is 1.09. The van der Waals surface area contributed by atoms with Gasteiger partial charge in [0.1, 0.15) is 0 Å². The highest BCUT2D eigenvalue weighted by Gasteiger charge is 2.64. The van der Waals surface area contributed by atoms with Crippen LogP contribution in [0.4, 0.5) is 13.2 Å². The van der Waals surface area contributed by atoms with Crippen LogP contribution in [0, 0.1) is 0 Å². The molecule has 0 aliphatic heterocycles. The third-order valence-corrected chi connectivity index (χ3v) is 6.51. The SMILES string of the molecule is CCCCCCCCS(=O)(=O)N(CC)C(F)(OCC)C(F)(F)OCCOP(=O)(O)O. The Kier molecular flexibility index (Phi) is 13.2. The summed E-state index contributed by atoms with van der Waals surface area (Å²) in [4.78, 5) is 17.1. The average Bonchev–Trinajstić information content (AvgIpc) is 2.61. The second-order valence-corrected chi connectivity index (χ2v) is 9.68. The van der Waals surface area contributed by atoms with Gasteiger partial charge < -0.3 is 19.3 Å². The van der Waals surface area contributed by atoms with Gasteiger partial charge in [-0.25, -0.2) is 13.0 Å². The van der Waals surface area contributed by atoms with Crippen molar-refractivity contribution < 1.29 is 49.9 Å². The summed E-state index contributed by atoms with van der Waals surface area (Å²) in [5, 5.41) is 0. The van der Waals surface area contributed by atoms with Crippen LogP contribution < -0.4 is 0 Å². The number of unbranched alkanes of at least 4 members (excludes halogenated alkanes) is 5. The predicted molar refractivity (Wildman–Crippen MR) is 104 cm³/mol. The predicted octanol–water partition coefficient (Wildman–Crippen LogP) is 3.38. The first-order valence-electron chi connectivity index (χ1n) is 9.82. The Bertz CT molecular complexity index is 634. The number of phosphoric acid groups is 1. The van der Waals surface area contributed by atoms with Gasteiger partial charge in [0.25, 0.3) is 0 Å². The van der Waals surface area contributed by atoms with Crippen LogP contribution in [0.5, 0.6) is 0 Å². The number of hydrogen-bond donors (Lipinski definition) is 2. The van der Waals surface area contributed by atoms with E-state index in [1.54, 1.807) is 0 Å². The van der Waals surface area contributed by atoms with Crippen LogP contribution in [0.15, 0.2) is 0 Å². The molecule has 1 atom stereocenters. The maximum Gasteiger partial charge on any atom is 0.469 e. The summed E-state index contributed by atoms with van der Waals surface area (Å²) in [7, 11) is -9.40. The normalized spacial score (nSPS) is 15.5. The maximum absolute atomic E-state index is 15.3. The molecule has 0 aliphatic rings. The van der Waals surface area contributed by atoms with Gasteiger partial charge in [-0.3, -0.25) is 4.52 Å². The van der Waals surface area contributed by atoms with E-state index >= 15 is 4.39 Å². The maximum atomic E-state index is 15.3. The van der Waals surface area contributed by atoms with Crippen molar-refractivity contribution in [3.8, 4) is 0 Å². The number of alkyl halides is 3. The number of rotatable bonds is 18. The Morgan fingerprint density at radius 1 is 0.933 bits per heavy atom. The molecule has 0 bridgehead atoms. The van der Waals surface area contributed by atoms with Crippen LogP contribution in [0.1, 0.15) is 59.3 Å². The van der Waals surface area contributed by atoms with Gasteiger partial charge in [-0.15, -0.1) is 4.31 Å². The Labute approximate surface area is 176 Å².